The molecule has 0 heterocycles. The Labute approximate surface area is 100 Å². The van der Waals surface area contributed by atoms with Gasteiger partial charge in [-0.15, -0.1) is 0 Å². The predicted octanol–water partition coefficient (Wildman–Crippen LogP) is 2.50. The second kappa shape index (κ2) is 4.67. The molecule has 0 fully saturated rings. The molecule has 7 heteroatoms. The summed E-state index contributed by atoms with van der Waals surface area (Å²) in [5.74, 6) is -3.40. The number of alkyl halides is 3. The number of amides is 1. The summed E-state index contributed by atoms with van der Waals surface area (Å²) < 4.78 is 36.2. The fourth-order valence-electron chi connectivity index (χ4n) is 1.41. The first-order valence-corrected chi connectivity index (χ1v) is 4.85. The van der Waals surface area contributed by atoms with Crippen molar-refractivity contribution >= 4 is 17.6 Å². The number of hydrogen-bond donors (Lipinski definition) is 2. The summed E-state index contributed by atoms with van der Waals surface area (Å²) in [6, 6.07) is 2.41. The molecule has 2 N–H and O–H groups in total. The van der Waals surface area contributed by atoms with Crippen molar-refractivity contribution in [2.24, 2.45) is 0 Å². The van der Waals surface area contributed by atoms with Crippen LogP contribution in [0.1, 0.15) is 21.5 Å². The summed E-state index contributed by atoms with van der Waals surface area (Å²) in [6.07, 6.45) is -5.01. The topological polar surface area (TPSA) is 66.4 Å². The molecule has 0 aliphatic heterocycles. The Morgan fingerprint density at radius 2 is 1.72 bits per heavy atom. The number of aromatic carboxylic acids is 1. The molecule has 0 bridgehead atoms. The zero-order valence-electron chi connectivity index (χ0n) is 9.55. The van der Waals surface area contributed by atoms with Crippen LogP contribution < -0.4 is 5.32 Å². The predicted molar refractivity (Wildman–Crippen MR) is 57.6 cm³/mol. The molecule has 0 aromatic heterocycles. The summed E-state index contributed by atoms with van der Waals surface area (Å²) >= 11 is 0. The van der Waals surface area contributed by atoms with Gasteiger partial charge < -0.3 is 10.4 Å². The van der Waals surface area contributed by atoms with Crippen molar-refractivity contribution in [3.05, 3.63) is 28.8 Å². The minimum Gasteiger partial charge on any atom is -0.478 e. The second-order valence-electron chi connectivity index (χ2n) is 3.74. The van der Waals surface area contributed by atoms with Crippen molar-refractivity contribution in [3.8, 4) is 0 Å². The van der Waals surface area contributed by atoms with Crippen molar-refractivity contribution in [3.63, 3.8) is 0 Å². The Morgan fingerprint density at radius 1 is 1.17 bits per heavy atom. The van der Waals surface area contributed by atoms with Gasteiger partial charge in [-0.3, -0.25) is 4.79 Å². The van der Waals surface area contributed by atoms with Crippen molar-refractivity contribution in [2.75, 3.05) is 5.32 Å². The molecule has 0 atom stereocenters. The first-order valence-electron chi connectivity index (χ1n) is 4.85. The van der Waals surface area contributed by atoms with Crippen LogP contribution in [0.4, 0.5) is 18.9 Å². The first kappa shape index (κ1) is 14.0. The van der Waals surface area contributed by atoms with Crippen LogP contribution in [0.3, 0.4) is 0 Å². The molecular weight excluding hydrogens is 251 g/mol. The van der Waals surface area contributed by atoms with Gasteiger partial charge in [0.25, 0.3) is 0 Å². The minimum absolute atomic E-state index is 0.155. The third-order valence-corrected chi connectivity index (χ3v) is 2.31. The van der Waals surface area contributed by atoms with E-state index in [0.29, 0.717) is 11.1 Å². The fourth-order valence-corrected chi connectivity index (χ4v) is 1.41. The highest BCUT2D eigenvalue weighted by Crippen LogP contribution is 2.23. The van der Waals surface area contributed by atoms with Gasteiger partial charge in [-0.2, -0.15) is 13.2 Å². The van der Waals surface area contributed by atoms with E-state index in [4.69, 9.17) is 5.11 Å². The van der Waals surface area contributed by atoms with Crippen LogP contribution in [0.5, 0.6) is 0 Å². The summed E-state index contributed by atoms with van der Waals surface area (Å²) in [5, 5.41) is 10.5. The van der Waals surface area contributed by atoms with E-state index in [1.807, 2.05) is 0 Å². The number of carboxylic acids is 1. The van der Waals surface area contributed by atoms with Crippen molar-refractivity contribution in [2.45, 2.75) is 20.0 Å². The van der Waals surface area contributed by atoms with Crippen molar-refractivity contribution < 1.29 is 27.9 Å². The molecule has 1 rings (SSSR count). The van der Waals surface area contributed by atoms with E-state index in [2.05, 4.69) is 0 Å². The Bertz CT molecular complexity index is 509. The molecule has 1 amide bonds. The van der Waals surface area contributed by atoms with Gasteiger partial charge in [-0.05, 0) is 31.0 Å². The lowest BCUT2D eigenvalue weighted by Crippen LogP contribution is -2.30. The lowest BCUT2D eigenvalue weighted by Gasteiger charge is -2.12. The van der Waals surface area contributed by atoms with Crippen LogP contribution in [0.15, 0.2) is 12.1 Å². The molecule has 0 aliphatic rings. The fraction of sp³-hybridized carbons (Fsp3) is 0.273. The maximum atomic E-state index is 12.1. The van der Waals surface area contributed by atoms with E-state index in [9.17, 15) is 22.8 Å². The van der Waals surface area contributed by atoms with Gasteiger partial charge in [0.15, 0.2) is 0 Å². The van der Waals surface area contributed by atoms with Crippen molar-refractivity contribution in [1.82, 2.24) is 0 Å². The Morgan fingerprint density at radius 3 is 2.17 bits per heavy atom. The van der Waals surface area contributed by atoms with Gasteiger partial charge in [0.2, 0.25) is 0 Å². The maximum absolute atomic E-state index is 12.1. The van der Waals surface area contributed by atoms with E-state index in [1.54, 1.807) is 5.32 Å². The molecule has 0 spiro atoms. The number of carboxylic acid groups (broad SMARTS) is 1. The highest BCUT2D eigenvalue weighted by Gasteiger charge is 2.38. The highest BCUT2D eigenvalue weighted by molar-refractivity contribution is 5.98. The Balaban J connectivity index is 3.14. The van der Waals surface area contributed by atoms with Crippen molar-refractivity contribution in [1.29, 1.82) is 0 Å². The van der Waals surface area contributed by atoms with Crippen LogP contribution in [-0.4, -0.2) is 23.2 Å². The number of hydrogen-bond acceptors (Lipinski definition) is 2. The van der Waals surface area contributed by atoms with Crippen LogP contribution in [0.2, 0.25) is 0 Å². The molecule has 0 aliphatic carbocycles. The van der Waals surface area contributed by atoms with Gasteiger partial charge in [0.05, 0.1) is 5.56 Å². The average molecular weight is 261 g/mol. The Kier molecular flexibility index (Phi) is 3.64. The molecule has 0 radical (unpaired) electrons. The molecule has 1 aromatic carbocycles. The lowest BCUT2D eigenvalue weighted by atomic mass is 10.0. The molecule has 0 saturated heterocycles. The van der Waals surface area contributed by atoms with Crippen LogP contribution in [0, 0.1) is 13.8 Å². The zero-order chi connectivity index (χ0) is 14.1. The molecular formula is C11H10F3NO3. The minimum atomic E-state index is -5.01. The summed E-state index contributed by atoms with van der Waals surface area (Å²) in [4.78, 5) is 21.6. The third kappa shape index (κ3) is 2.99. The van der Waals surface area contributed by atoms with E-state index >= 15 is 0 Å². The SMILES string of the molecule is Cc1cc(C)c(C(=O)O)cc1NC(=O)C(F)(F)F. The second-order valence-corrected chi connectivity index (χ2v) is 3.74. The molecule has 98 valence electrons. The highest BCUT2D eigenvalue weighted by atomic mass is 19.4. The number of benzene rings is 1. The van der Waals surface area contributed by atoms with Gasteiger partial charge in [0, 0.05) is 5.69 Å². The summed E-state index contributed by atoms with van der Waals surface area (Å²) in [5.41, 5.74) is 0.443. The third-order valence-electron chi connectivity index (χ3n) is 2.31. The standard InChI is InChI=1S/C11H10F3NO3/c1-5-3-6(2)8(4-7(5)9(16)17)15-10(18)11(12,13)14/h3-4H,1-2H3,(H,15,18)(H,16,17). The number of aryl methyl sites for hydroxylation is 2. The van der Waals surface area contributed by atoms with Crippen LogP contribution in [-0.2, 0) is 4.79 Å². The van der Waals surface area contributed by atoms with E-state index in [0.717, 1.165) is 6.07 Å². The number of carbonyl (C=O) groups excluding carboxylic acids is 1. The summed E-state index contributed by atoms with van der Waals surface area (Å²) in [6.45, 7) is 3.00. The Hall–Kier alpha value is -2.05. The monoisotopic (exact) mass is 261 g/mol. The smallest absolute Gasteiger partial charge is 0.471 e. The normalized spacial score (nSPS) is 11.2. The van der Waals surface area contributed by atoms with Crippen LogP contribution in [0.25, 0.3) is 0 Å². The maximum Gasteiger partial charge on any atom is 0.471 e. The number of rotatable bonds is 2. The molecule has 18 heavy (non-hydrogen) atoms. The number of nitrogens with one attached hydrogen (secondary N) is 1. The average Bonchev–Trinajstić information content (AvgIpc) is 2.19. The number of anilines is 1. The molecule has 0 saturated carbocycles. The van der Waals surface area contributed by atoms with Gasteiger partial charge >= 0.3 is 18.1 Å². The number of carbonyl (C=O) groups is 2. The largest absolute Gasteiger partial charge is 0.478 e. The molecule has 4 nitrogen and oxygen atoms in total. The van der Waals surface area contributed by atoms with Gasteiger partial charge in [-0.25, -0.2) is 4.79 Å². The number of halogens is 3. The first-order chi connectivity index (χ1) is 8.12. The van der Waals surface area contributed by atoms with E-state index in [1.165, 1.54) is 19.9 Å². The quantitative estimate of drug-likeness (QED) is 0.859. The lowest BCUT2D eigenvalue weighted by molar-refractivity contribution is -0.167. The zero-order valence-corrected chi connectivity index (χ0v) is 9.55. The molecule has 0 unspecified atom stereocenters. The molecule has 1 aromatic rings. The van der Waals surface area contributed by atoms with Crippen LogP contribution >= 0.6 is 0 Å². The summed E-state index contributed by atoms with van der Waals surface area (Å²) in [7, 11) is 0. The van der Waals surface area contributed by atoms with E-state index < -0.39 is 18.1 Å². The van der Waals surface area contributed by atoms with Gasteiger partial charge in [-0.1, -0.05) is 6.07 Å². The van der Waals surface area contributed by atoms with E-state index in [-0.39, 0.29) is 11.3 Å². The van der Waals surface area contributed by atoms with Gasteiger partial charge in [0.1, 0.15) is 0 Å².